The highest BCUT2D eigenvalue weighted by atomic mass is 35.5. The molecule has 0 atom stereocenters. The third-order valence-corrected chi connectivity index (χ3v) is 4.62. The molecule has 25 heavy (non-hydrogen) atoms. The van der Waals surface area contributed by atoms with Crippen molar-refractivity contribution < 1.29 is 0 Å². The van der Waals surface area contributed by atoms with Crippen LogP contribution in [-0.4, -0.2) is 14.2 Å². The van der Waals surface area contributed by atoms with Crippen LogP contribution in [0.1, 0.15) is 0 Å². The van der Waals surface area contributed by atoms with Gasteiger partial charge in [-0.1, -0.05) is 41.9 Å². The first-order chi connectivity index (χ1) is 12.2. The standard InChI is InChI=1S/C20H12ClN3O/c21-13-10-11-16-18(12-13)23(14-6-2-1-3-7-14)24-19(16)22-17-9-5-4-8-15(17)20(24)25/h1-12H. The molecule has 0 amide bonds. The fourth-order valence-electron chi connectivity index (χ4n) is 3.28. The molecule has 0 N–H and O–H groups in total. The molecule has 120 valence electrons. The average molecular weight is 346 g/mol. The Morgan fingerprint density at radius 2 is 1.60 bits per heavy atom. The number of hydrogen-bond donors (Lipinski definition) is 0. The number of rotatable bonds is 1. The lowest BCUT2D eigenvalue weighted by molar-refractivity contribution is 0.794. The van der Waals surface area contributed by atoms with E-state index in [1.54, 1.807) is 10.6 Å². The molecule has 0 saturated heterocycles. The van der Waals surface area contributed by atoms with Gasteiger partial charge in [-0.2, -0.15) is 4.52 Å². The number of para-hydroxylation sites is 2. The molecule has 0 saturated carbocycles. The highest BCUT2D eigenvalue weighted by Gasteiger charge is 2.17. The number of hydrogen-bond acceptors (Lipinski definition) is 2. The van der Waals surface area contributed by atoms with Crippen molar-refractivity contribution in [3.8, 4) is 5.69 Å². The summed E-state index contributed by atoms with van der Waals surface area (Å²) in [5, 5.41) is 2.09. The molecule has 0 radical (unpaired) electrons. The second kappa shape index (κ2) is 5.19. The second-order valence-corrected chi connectivity index (χ2v) is 6.31. The van der Waals surface area contributed by atoms with Gasteiger partial charge in [0.2, 0.25) is 0 Å². The number of halogens is 1. The summed E-state index contributed by atoms with van der Waals surface area (Å²) in [5.74, 6) is 0. The van der Waals surface area contributed by atoms with Crippen molar-refractivity contribution in [1.29, 1.82) is 0 Å². The minimum Gasteiger partial charge on any atom is -0.267 e. The third-order valence-electron chi connectivity index (χ3n) is 4.38. The molecule has 5 rings (SSSR count). The maximum absolute atomic E-state index is 13.2. The molecule has 0 spiro atoms. The number of fused-ring (bicyclic) bond motifs is 4. The van der Waals surface area contributed by atoms with Gasteiger partial charge >= 0.3 is 0 Å². The summed E-state index contributed by atoms with van der Waals surface area (Å²) in [6.07, 6.45) is 0. The van der Waals surface area contributed by atoms with Crippen molar-refractivity contribution in [3.63, 3.8) is 0 Å². The van der Waals surface area contributed by atoms with Crippen molar-refractivity contribution in [2.75, 3.05) is 0 Å². The smallest absolute Gasteiger partial charge is 0.267 e. The summed E-state index contributed by atoms with van der Waals surface area (Å²) in [5.41, 5.74) is 2.94. The van der Waals surface area contributed by atoms with Gasteiger partial charge in [0.25, 0.3) is 5.56 Å². The Hall–Kier alpha value is -3.11. The van der Waals surface area contributed by atoms with Gasteiger partial charge in [-0.25, -0.2) is 9.67 Å². The summed E-state index contributed by atoms with van der Waals surface area (Å²) in [4.78, 5) is 17.9. The van der Waals surface area contributed by atoms with E-state index in [4.69, 9.17) is 16.6 Å². The predicted octanol–water partition coefficient (Wildman–Crippen LogP) is 4.45. The summed E-state index contributed by atoms with van der Waals surface area (Å²) in [7, 11) is 0. The van der Waals surface area contributed by atoms with Gasteiger partial charge in [0.15, 0.2) is 5.65 Å². The Kier molecular flexibility index (Phi) is 2.96. The third kappa shape index (κ3) is 2.01. The van der Waals surface area contributed by atoms with E-state index in [-0.39, 0.29) is 5.56 Å². The van der Waals surface area contributed by atoms with Crippen LogP contribution in [0.15, 0.2) is 77.6 Å². The van der Waals surface area contributed by atoms with Crippen LogP contribution in [0.5, 0.6) is 0 Å². The summed E-state index contributed by atoms with van der Waals surface area (Å²) in [6, 6.07) is 22.7. The summed E-state index contributed by atoms with van der Waals surface area (Å²) >= 11 is 6.23. The monoisotopic (exact) mass is 345 g/mol. The molecule has 4 nitrogen and oxygen atoms in total. The lowest BCUT2D eigenvalue weighted by Crippen LogP contribution is -2.20. The molecule has 5 aromatic rings. The van der Waals surface area contributed by atoms with Crippen molar-refractivity contribution in [2.45, 2.75) is 0 Å². The van der Waals surface area contributed by atoms with Crippen LogP contribution in [-0.2, 0) is 0 Å². The normalized spacial score (nSPS) is 11.6. The number of nitrogens with zero attached hydrogens (tertiary/aromatic N) is 3. The Morgan fingerprint density at radius 1 is 0.840 bits per heavy atom. The van der Waals surface area contributed by atoms with E-state index in [2.05, 4.69) is 0 Å². The zero-order valence-corrected chi connectivity index (χ0v) is 13.8. The highest BCUT2D eigenvalue weighted by molar-refractivity contribution is 6.31. The Morgan fingerprint density at radius 3 is 2.44 bits per heavy atom. The number of benzene rings is 3. The predicted molar refractivity (Wildman–Crippen MR) is 101 cm³/mol. The molecule has 5 heteroatoms. The fraction of sp³-hybridized carbons (Fsp3) is 0. The molecular formula is C20H12ClN3O. The molecule has 2 heterocycles. The summed E-state index contributed by atoms with van der Waals surface area (Å²) < 4.78 is 3.50. The molecule has 0 fully saturated rings. The van der Waals surface area contributed by atoms with Crippen LogP contribution in [0.4, 0.5) is 0 Å². The Balaban J connectivity index is 2.10. The number of aromatic nitrogens is 3. The van der Waals surface area contributed by atoms with Crippen LogP contribution >= 0.6 is 11.6 Å². The van der Waals surface area contributed by atoms with E-state index in [0.717, 1.165) is 16.6 Å². The highest BCUT2D eigenvalue weighted by Crippen LogP contribution is 2.27. The molecule has 3 aromatic carbocycles. The minimum atomic E-state index is -0.100. The molecule has 0 aliphatic carbocycles. The lowest BCUT2D eigenvalue weighted by atomic mass is 10.2. The van der Waals surface area contributed by atoms with Crippen LogP contribution < -0.4 is 5.56 Å². The summed E-state index contributed by atoms with van der Waals surface area (Å²) in [6.45, 7) is 0. The zero-order valence-electron chi connectivity index (χ0n) is 13.1. The molecule has 0 aliphatic heterocycles. The van der Waals surface area contributed by atoms with Gasteiger partial charge in [-0.05, 0) is 42.5 Å². The first-order valence-corrected chi connectivity index (χ1v) is 8.29. The topological polar surface area (TPSA) is 39.3 Å². The second-order valence-electron chi connectivity index (χ2n) is 5.88. The molecule has 0 unspecified atom stereocenters. The van der Waals surface area contributed by atoms with Gasteiger partial charge in [0, 0.05) is 10.4 Å². The minimum absolute atomic E-state index is 0.100. The zero-order chi connectivity index (χ0) is 17.0. The van der Waals surface area contributed by atoms with Crippen molar-refractivity contribution in [1.82, 2.24) is 14.2 Å². The van der Waals surface area contributed by atoms with Crippen LogP contribution in [0.2, 0.25) is 5.02 Å². The van der Waals surface area contributed by atoms with Crippen molar-refractivity contribution in [2.24, 2.45) is 0 Å². The Bertz CT molecular complexity index is 1320. The van der Waals surface area contributed by atoms with Crippen LogP contribution in [0.25, 0.3) is 33.1 Å². The first-order valence-electron chi connectivity index (χ1n) is 7.91. The Labute approximate surface area is 147 Å². The van der Waals surface area contributed by atoms with Gasteiger partial charge < -0.3 is 0 Å². The van der Waals surface area contributed by atoms with E-state index >= 15 is 0 Å². The molecule has 2 aromatic heterocycles. The van der Waals surface area contributed by atoms with Gasteiger partial charge in [-0.3, -0.25) is 4.79 Å². The maximum atomic E-state index is 13.2. The van der Waals surface area contributed by atoms with E-state index < -0.39 is 0 Å². The molecule has 0 bridgehead atoms. The van der Waals surface area contributed by atoms with E-state index in [0.29, 0.717) is 21.6 Å². The van der Waals surface area contributed by atoms with E-state index in [1.807, 2.05) is 71.4 Å². The van der Waals surface area contributed by atoms with E-state index in [1.165, 1.54) is 0 Å². The fourth-order valence-corrected chi connectivity index (χ4v) is 3.45. The van der Waals surface area contributed by atoms with Crippen molar-refractivity contribution in [3.05, 3.63) is 88.2 Å². The average Bonchev–Trinajstić information content (AvgIpc) is 2.96. The lowest BCUT2D eigenvalue weighted by Gasteiger charge is -2.08. The maximum Gasteiger partial charge on any atom is 0.281 e. The van der Waals surface area contributed by atoms with Crippen LogP contribution in [0.3, 0.4) is 0 Å². The van der Waals surface area contributed by atoms with Crippen LogP contribution in [0, 0.1) is 0 Å². The van der Waals surface area contributed by atoms with Gasteiger partial charge in [0.05, 0.1) is 22.1 Å². The molecular weight excluding hydrogens is 334 g/mol. The SMILES string of the molecule is O=c1c2ccccc2nc2c3ccc(Cl)cc3n(-c3ccccc3)n12. The van der Waals surface area contributed by atoms with Gasteiger partial charge in [0.1, 0.15) is 0 Å². The first kappa shape index (κ1) is 14.3. The van der Waals surface area contributed by atoms with E-state index in [9.17, 15) is 4.79 Å². The largest absolute Gasteiger partial charge is 0.281 e. The molecule has 0 aliphatic rings. The van der Waals surface area contributed by atoms with Crippen molar-refractivity contribution >= 4 is 39.1 Å². The van der Waals surface area contributed by atoms with Gasteiger partial charge in [-0.15, -0.1) is 0 Å². The quantitative estimate of drug-likeness (QED) is 0.450.